The van der Waals surface area contributed by atoms with E-state index in [9.17, 15) is 14.9 Å². The van der Waals surface area contributed by atoms with Gasteiger partial charge in [-0.2, -0.15) is 0 Å². The maximum Gasteiger partial charge on any atom is 0.433 e. The molecular weight excluding hydrogens is 396 g/mol. The van der Waals surface area contributed by atoms with Gasteiger partial charge in [0, 0.05) is 6.54 Å². The standard InChI is InChI=1S/C19H22N4O5S/c1-4-27-13-6-7-14-16(12-13)29-19(20-14)22(11-5-10-21(2)3)18(24)15-8-9-17(28-15)23(25)26/h6-9,12H,4-5,10-11H2,1-3H3. The Morgan fingerprint density at radius 2 is 2.07 bits per heavy atom. The lowest BCUT2D eigenvalue weighted by molar-refractivity contribution is -0.402. The first-order valence-electron chi connectivity index (χ1n) is 9.13. The Morgan fingerprint density at radius 1 is 1.28 bits per heavy atom. The Labute approximate surface area is 171 Å². The molecule has 0 atom stereocenters. The average molecular weight is 418 g/mol. The van der Waals surface area contributed by atoms with E-state index in [1.54, 1.807) is 0 Å². The molecule has 3 rings (SSSR count). The van der Waals surface area contributed by atoms with E-state index in [0.717, 1.165) is 22.5 Å². The summed E-state index contributed by atoms with van der Waals surface area (Å²) in [5.41, 5.74) is 0.754. The van der Waals surface area contributed by atoms with Gasteiger partial charge in [0.2, 0.25) is 0 Å². The molecule has 0 aliphatic rings. The van der Waals surface area contributed by atoms with Crippen LogP contribution >= 0.6 is 11.3 Å². The van der Waals surface area contributed by atoms with Crippen molar-refractivity contribution >= 4 is 38.5 Å². The fourth-order valence-electron chi connectivity index (χ4n) is 2.77. The van der Waals surface area contributed by atoms with Crippen LogP contribution < -0.4 is 9.64 Å². The number of thiazole rings is 1. The molecule has 0 spiro atoms. The molecule has 0 unspecified atom stereocenters. The molecule has 2 aromatic heterocycles. The molecule has 9 nitrogen and oxygen atoms in total. The Balaban J connectivity index is 1.92. The van der Waals surface area contributed by atoms with Gasteiger partial charge in [-0.1, -0.05) is 11.3 Å². The number of hydrogen-bond acceptors (Lipinski definition) is 8. The summed E-state index contributed by atoms with van der Waals surface area (Å²) in [7, 11) is 3.91. The highest BCUT2D eigenvalue weighted by molar-refractivity contribution is 7.22. The van der Waals surface area contributed by atoms with Crippen molar-refractivity contribution in [3.63, 3.8) is 0 Å². The first-order valence-corrected chi connectivity index (χ1v) is 9.95. The van der Waals surface area contributed by atoms with Crippen LogP contribution in [-0.4, -0.2) is 54.5 Å². The van der Waals surface area contributed by atoms with Crippen molar-refractivity contribution in [2.75, 3.05) is 38.7 Å². The first-order chi connectivity index (χ1) is 13.9. The number of nitrogens with zero attached hydrogens (tertiary/aromatic N) is 4. The molecule has 1 aromatic carbocycles. The highest BCUT2D eigenvalue weighted by Crippen LogP contribution is 2.32. The minimum Gasteiger partial charge on any atom is -0.494 e. The van der Waals surface area contributed by atoms with E-state index in [-0.39, 0.29) is 5.76 Å². The minimum absolute atomic E-state index is 0.0872. The van der Waals surface area contributed by atoms with Crippen molar-refractivity contribution in [3.8, 4) is 5.75 Å². The Morgan fingerprint density at radius 3 is 2.72 bits per heavy atom. The van der Waals surface area contributed by atoms with Crippen LogP contribution in [0.1, 0.15) is 23.9 Å². The fraction of sp³-hybridized carbons (Fsp3) is 0.368. The van der Waals surface area contributed by atoms with E-state index < -0.39 is 16.7 Å². The number of carbonyl (C=O) groups is 1. The number of fused-ring (bicyclic) bond motifs is 1. The molecular formula is C19H22N4O5S. The Bertz CT molecular complexity index is 1010. The van der Waals surface area contributed by atoms with Crippen molar-refractivity contribution in [2.45, 2.75) is 13.3 Å². The summed E-state index contributed by atoms with van der Waals surface area (Å²) in [6.45, 7) is 3.66. The van der Waals surface area contributed by atoms with Crippen molar-refractivity contribution in [1.82, 2.24) is 9.88 Å². The van der Waals surface area contributed by atoms with Crippen LogP contribution in [0.15, 0.2) is 34.7 Å². The lowest BCUT2D eigenvalue weighted by Gasteiger charge is -2.19. The van der Waals surface area contributed by atoms with Gasteiger partial charge < -0.3 is 14.1 Å². The molecule has 154 valence electrons. The van der Waals surface area contributed by atoms with Crippen molar-refractivity contribution < 1.29 is 18.9 Å². The predicted molar refractivity (Wildman–Crippen MR) is 111 cm³/mol. The number of rotatable bonds is 9. The fourth-order valence-corrected chi connectivity index (χ4v) is 3.79. The van der Waals surface area contributed by atoms with Crippen LogP contribution in [-0.2, 0) is 0 Å². The molecule has 0 saturated carbocycles. The van der Waals surface area contributed by atoms with Crippen molar-refractivity contribution in [1.29, 1.82) is 0 Å². The van der Waals surface area contributed by atoms with Gasteiger partial charge in [0.05, 0.1) is 22.9 Å². The van der Waals surface area contributed by atoms with Crippen LogP contribution in [0.25, 0.3) is 10.2 Å². The summed E-state index contributed by atoms with van der Waals surface area (Å²) in [6, 6.07) is 8.07. The third-order valence-electron chi connectivity index (χ3n) is 4.11. The van der Waals surface area contributed by atoms with Gasteiger partial charge in [-0.05, 0) is 58.3 Å². The Hall–Kier alpha value is -2.98. The van der Waals surface area contributed by atoms with Crippen LogP contribution in [0.2, 0.25) is 0 Å². The molecule has 0 radical (unpaired) electrons. The number of nitro groups is 1. The monoisotopic (exact) mass is 418 g/mol. The van der Waals surface area contributed by atoms with Crippen LogP contribution in [0, 0.1) is 10.1 Å². The van der Waals surface area contributed by atoms with E-state index in [1.165, 1.54) is 28.4 Å². The molecule has 0 saturated heterocycles. The van der Waals surface area contributed by atoms with Crippen LogP contribution in [0.4, 0.5) is 11.0 Å². The summed E-state index contributed by atoms with van der Waals surface area (Å²) >= 11 is 1.37. The minimum atomic E-state index is -0.667. The summed E-state index contributed by atoms with van der Waals surface area (Å²) in [5.74, 6) is -0.272. The zero-order chi connectivity index (χ0) is 21.0. The van der Waals surface area contributed by atoms with E-state index in [1.807, 2.05) is 44.1 Å². The smallest absolute Gasteiger partial charge is 0.433 e. The van der Waals surface area contributed by atoms with Crippen molar-refractivity contribution in [2.24, 2.45) is 0 Å². The van der Waals surface area contributed by atoms with Gasteiger partial charge in [-0.3, -0.25) is 19.8 Å². The number of carbonyl (C=O) groups excluding carboxylic acids is 1. The molecule has 0 N–H and O–H groups in total. The third kappa shape index (κ3) is 4.90. The molecule has 0 bridgehead atoms. The summed E-state index contributed by atoms with van der Waals surface area (Å²) in [4.78, 5) is 31.4. The maximum absolute atomic E-state index is 13.0. The molecule has 2 heterocycles. The predicted octanol–water partition coefficient (Wildman–Crippen LogP) is 3.79. The number of furan rings is 1. The van der Waals surface area contributed by atoms with Crippen LogP contribution in [0.3, 0.4) is 0 Å². The lowest BCUT2D eigenvalue weighted by Crippen LogP contribution is -2.33. The molecule has 10 heteroatoms. The van der Waals surface area contributed by atoms with E-state index in [0.29, 0.717) is 24.7 Å². The van der Waals surface area contributed by atoms with Gasteiger partial charge >= 0.3 is 5.88 Å². The second-order valence-electron chi connectivity index (χ2n) is 6.57. The molecule has 3 aromatic rings. The summed E-state index contributed by atoms with van der Waals surface area (Å²) in [5, 5.41) is 11.4. The second-order valence-corrected chi connectivity index (χ2v) is 7.58. The van der Waals surface area contributed by atoms with Gasteiger partial charge in [-0.15, -0.1) is 0 Å². The number of anilines is 1. The maximum atomic E-state index is 13.0. The molecule has 0 aliphatic carbocycles. The molecule has 29 heavy (non-hydrogen) atoms. The number of hydrogen-bond donors (Lipinski definition) is 0. The molecule has 0 fully saturated rings. The summed E-state index contributed by atoms with van der Waals surface area (Å²) < 4.78 is 11.5. The third-order valence-corrected chi connectivity index (χ3v) is 5.15. The second kappa shape index (κ2) is 9.01. The van der Waals surface area contributed by atoms with E-state index >= 15 is 0 Å². The molecule has 1 amide bonds. The van der Waals surface area contributed by atoms with Gasteiger partial charge in [0.1, 0.15) is 10.7 Å². The van der Waals surface area contributed by atoms with Gasteiger partial charge in [-0.25, -0.2) is 4.98 Å². The summed E-state index contributed by atoms with van der Waals surface area (Å²) in [6.07, 6.45) is 0.710. The first kappa shape index (κ1) is 20.7. The largest absolute Gasteiger partial charge is 0.494 e. The van der Waals surface area contributed by atoms with Crippen LogP contribution in [0.5, 0.6) is 5.75 Å². The highest BCUT2D eigenvalue weighted by Gasteiger charge is 2.26. The number of aromatic nitrogens is 1. The Kier molecular flexibility index (Phi) is 6.45. The number of amides is 1. The van der Waals surface area contributed by atoms with E-state index in [2.05, 4.69) is 4.98 Å². The van der Waals surface area contributed by atoms with Gasteiger partial charge in [0.15, 0.2) is 10.9 Å². The average Bonchev–Trinajstić information content (AvgIpc) is 3.31. The van der Waals surface area contributed by atoms with E-state index in [4.69, 9.17) is 9.15 Å². The van der Waals surface area contributed by atoms with Crippen molar-refractivity contribution in [3.05, 3.63) is 46.2 Å². The quantitative estimate of drug-likeness (QED) is 0.385. The lowest BCUT2D eigenvalue weighted by atomic mass is 10.3. The highest BCUT2D eigenvalue weighted by atomic mass is 32.1. The topological polar surface area (TPSA) is 102 Å². The number of ether oxygens (including phenoxy) is 1. The SMILES string of the molecule is CCOc1ccc2nc(N(CCCN(C)C)C(=O)c3ccc([N+](=O)[O-])o3)sc2c1. The number of benzene rings is 1. The zero-order valence-corrected chi connectivity index (χ0v) is 17.3. The zero-order valence-electron chi connectivity index (χ0n) is 16.5. The molecule has 0 aliphatic heterocycles. The normalized spacial score (nSPS) is 11.2. The van der Waals surface area contributed by atoms with Gasteiger partial charge in [0.25, 0.3) is 5.91 Å².